The molecule has 0 aliphatic carbocycles. The molecule has 0 N–H and O–H groups in total. The first-order valence-electron chi connectivity index (χ1n) is 4.39. The van der Waals surface area contributed by atoms with E-state index in [0.717, 1.165) is 22.4 Å². The lowest BCUT2D eigenvalue weighted by molar-refractivity contribution is 0.408. The van der Waals surface area contributed by atoms with Crippen molar-refractivity contribution >= 4 is 11.6 Å². The van der Waals surface area contributed by atoms with Crippen LogP contribution in [-0.2, 0) is 0 Å². The molecule has 0 radical (unpaired) electrons. The summed E-state index contributed by atoms with van der Waals surface area (Å²) < 4.78 is 5.26. The van der Waals surface area contributed by atoms with Crippen LogP contribution < -0.4 is 4.74 Å². The monoisotopic (exact) mass is 208 g/mol. The van der Waals surface area contributed by atoms with Gasteiger partial charge >= 0.3 is 0 Å². The number of hydrogen-bond acceptors (Lipinski definition) is 1. The van der Waals surface area contributed by atoms with Gasteiger partial charge in [0.2, 0.25) is 0 Å². The second-order valence-electron chi connectivity index (χ2n) is 3.08. The lowest BCUT2D eigenvalue weighted by atomic mass is 10.1. The first-order valence-corrected chi connectivity index (χ1v) is 4.92. The molecule has 0 bridgehead atoms. The van der Waals surface area contributed by atoms with Crippen LogP contribution in [0.2, 0.25) is 0 Å². The fourth-order valence-corrected chi connectivity index (χ4v) is 1.55. The Balaban J connectivity index is 3.14. The molecule has 1 aromatic rings. The van der Waals surface area contributed by atoms with Crippen LogP contribution >= 0.6 is 11.6 Å². The van der Waals surface area contributed by atoms with Crippen molar-refractivity contribution in [2.24, 2.45) is 0 Å². The number of benzene rings is 1. The topological polar surface area (TPSA) is 9.23 Å². The molecule has 0 aliphatic rings. The summed E-state index contributed by atoms with van der Waals surface area (Å²) >= 11 is 5.49. The summed E-state index contributed by atoms with van der Waals surface area (Å²) in [5.41, 5.74) is 3.19. The van der Waals surface area contributed by atoms with Gasteiger partial charge in [-0.25, -0.2) is 0 Å². The van der Waals surface area contributed by atoms with Gasteiger partial charge in [-0.3, -0.25) is 0 Å². The molecule has 0 spiro atoms. The molecule has 0 fully saturated rings. The van der Waals surface area contributed by atoms with Gasteiger partial charge < -0.3 is 4.74 Å². The predicted molar refractivity (Wildman–Crippen MR) is 60.1 cm³/mol. The Morgan fingerprint density at radius 2 is 1.86 bits per heavy atom. The molecule has 0 amide bonds. The lowest BCUT2D eigenvalue weighted by Crippen LogP contribution is -1.92. The van der Waals surface area contributed by atoms with Crippen LogP contribution in [0.15, 0.2) is 12.1 Å². The van der Waals surface area contributed by atoms with Crippen molar-refractivity contribution in [2.75, 3.05) is 13.0 Å². The Bertz CT molecular complexity index is 362. The highest BCUT2D eigenvalue weighted by atomic mass is 35.5. The van der Waals surface area contributed by atoms with Gasteiger partial charge in [-0.1, -0.05) is 11.8 Å². The zero-order chi connectivity index (χ0) is 10.6. The standard InChI is InChI=1S/C12H13ClO/c1-9-7-11(5-4-6-13)8-10(2)12(9)14-3/h7-8H,6H2,1-3H3. The number of alkyl halides is 1. The number of ether oxygens (including phenoxy) is 1. The fraction of sp³-hybridized carbons (Fsp3) is 0.333. The normalized spacial score (nSPS) is 9.14. The molecule has 0 unspecified atom stereocenters. The lowest BCUT2D eigenvalue weighted by Gasteiger charge is -2.08. The number of hydrogen-bond donors (Lipinski definition) is 0. The van der Waals surface area contributed by atoms with Crippen molar-refractivity contribution in [3.05, 3.63) is 28.8 Å². The maximum absolute atomic E-state index is 5.49. The zero-order valence-corrected chi connectivity index (χ0v) is 9.40. The van der Waals surface area contributed by atoms with Crippen LogP contribution in [0.4, 0.5) is 0 Å². The van der Waals surface area contributed by atoms with Crippen molar-refractivity contribution in [2.45, 2.75) is 13.8 Å². The molecule has 14 heavy (non-hydrogen) atoms. The van der Waals surface area contributed by atoms with E-state index in [9.17, 15) is 0 Å². The van der Waals surface area contributed by atoms with Gasteiger partial charge in [0.15, 0.2) is 0 Å². The van der Waals surface area contributed by atoms with Gasteiger partial charge in [0.05, 0.1) is 13.0 Å². The quantitative estimate of drug-likeness (QED) is 0.510. The Morgan fingerprint density at radius 3 is 2.29 bits per heavy atom. The minimum atomic E-state index is 0.365. The van der Waals surface area contributed by atoms with Crippen LogP contribution in [0.3, 0.4) is 0 Å². The summed E-state index contributed by atoms with van der Waals surface area (Å²) in [6.07, 6.45) is 0. The molecule has 0 saturated heterocycles. The van der Waals surface area contributed by atoms with Crippen LogP contribution in [0.5, 0.6) is 5.75 Å². The van der Waals surface area contributed by atoms with Gasteiger partial charge in [0.1, 0.15) is 5.75 Å². The summed E-state index contributed by atoms with van der Waals surface area (Å²) in [5, 5.41) is 0. The van der Waals surface area contributed by atoms with E-state index in [4.69, 9.17) is 16.3 Å². The Labute approximate surface area is 90.0 Å². The predicted octanol–water partition coefficient (Wildman–Crippen LogP) is 2.90. The van der Waals surface area contributed by atoms with E-state index in [2.05, 4.69) is 11.8 Å². The SMILES string of the molecule is COc1c(C)cc(C#CCCl)cc1C. The van der Waals surface area contributed by atoms with Crippen LogP contribution in [0.1, 0.15) is 16.7 Å². The highest BCUT2D eigenvalue weighted by Gasteiger charge is 2.03. The van der Waals surface area contributed by atoms with Crippen molar-refractivity contribution in [1.82, 2.24) is 0 Å². The Kier molecular flexibility index (Phi) is 3.85. The van der Waals surface area contributed by atoms with Gasteiger partial charge in [-0.2, -0.15) is 0 Å². The largest absolute Gasteiger partial charge is 0.496 e. The third kappa shape index (κ3) is 2.43. The molecule has 0 aromatic heterocycles. The van der Waals surface area contributed by atoms with E-state index < -0.39 is 0 Å². The minimum Gasteiger partial charge on any atom is -0.496 e. The molecule has 0 atom stereocenters. The molecular formula is C12H13ClO. The van der Waals surface area contributed by atoms with E-state index in [1.54, 1.807) is 7.11 Å². The van der Waals surface area contributed by atoms with Crippen molar-refractivity contribution in [1.29, 1.82) is 0 Å². The Morgan fingerprint density at radius 1 is 1.29 bits per heavy atom. The summed E-state index contributed by atoms with van der Waals surface area (Å²) in [5.74, 6) is 7.12. The summed E-state index contributed by atoms with van der Waals surface area (Å²) in [6, 6.07) is 4.01. The number of methoxy groups -OCH3 is 1. The van der Waals surface area contributed by atoms with Crippen LogP contribution in [0, 0.1) is 25.7 Å². The smallest absolute Gasteiger partial charge is 0.124 e. The average Bonchev–Trinajstić information content (AvgIpc) is 2.14. The van der Waals surface area contributed by atoms with Gasteiger partial charge in [-0.15, -0.1) is 11.6 Å². The van der Waals surface area contributed by atoms with Crippen molar-refractivity contribution < 1.29 is 4.74 Å². The maximum Gasteiger partial charge on any atom is 0.124 e. The molecule has 2 heteroatoms. The molecule has 0 aliphatic heterocycles. The average molecular weight is 209 g/mol. The molecular weight excluding hydrogens is 196 g/mol. The summed E-state index contributed by atoms with van der Waals surface area (Å²) in [6.45, 7) is 4.02. The molecule has 0 heterocycles. The third-order valence-corrected chi connectivity index (χ3v) is 2.10. The van der Waals surface area contributed by atoms with Gasteiger partial charge in [0, 0.05) is 5.56 Å². The molecule has 0 saturated carbocycles. The van der Waals surface area contributed by atoms with Crippen LogP contribution in [-0.4, -0.2) is 13.0 Å². The third-order valence-electron chi connectivity index (χ3n) is 1.96. The minimum absolute atomic E-state index is 0.365. The van der Waals surface area contributed by atoms with Gasteiger partial charge in [0.25, 0.3) is 0 Å². The zero-order valence-electron chi connectivity index (χ0n) is 8.65. The highest BCUT2D eigenvalue weighted by Crippen LogP contribution is 2.23. The molecule has 1 rings (SSSR count). The second-order valence-corrected chi connectivity index (χ2v) is 3.35. The van der Waals surface area contributed by atoms with E-state index in [1.807, 2.05) is 26.0 Å². The van der Waals surface area contributed by atoms with Crippen molar-refractivity contribution in [3.63, 3.8) is 0 Å². The van der Waals surface area contributed by atoms with E-state index in [1.165, 1.54) is 0 Å². The van der Waals surface area contributed by atoms with E-state index in [-0.39, 0.29) is 0 Å². The molecule has 1 nitrogen and oxygen atoms in total. The summed E-state index contributed by atoms with van der Waals surface area (Å²) in [7, 11) is 1.68. The van der Waals surface area contributed by atoms with E-state index >= 15 is 0 Å². The van der Waals surface area contributed by atoms with E-state index in [0.29, 0.717) is 5.88 Å². The fourth-order valence-electron chi connectivity index (χ4n) is 1.48. The first-order chi connectivity index (χ1) is 6.69. The summed E-state index contributed by atoms with van der Waals surface area (Å²) in [4.78, 5) is 0. The maximum atomic E-state index is 5.49. The van der Waals surface area contributed by atoms with Gasteiger partial charge in [-0.05, 0) is 37.1 Å². The van der Waals surface area contributed by atoms with Crippen LogP contribution in [0.25, 0.3) is 0 Å². The second kappa shape index (κ2) is 4.93. The molecule has 74 valence electrons. The van der Waals surface area contributed by atoms with Crippen molar-refractivity contribution in [3.8, 4) is 17.6 Å². The first kappa shape index (κ1) is 10.9. The Hall–Kier alpha value is -1.13. The molecule has 1 aromatic carbocycles. The number of aryl methyl sites for hydroxylation is 2. The highest BCUT2D eigenvalue weighted by molar-refractivity contribution is 6.19. The number of halogens is 1. The number of rotatable bonds is 1.